The van der Waals surface area contributed by atoms with Gasteiger partial charge in [-0.25, -0.2) is 4.98 Å². The van der Waals surface area contributed by atoms with Gasteiger partial charge in [-0.15, -0.1) is 0 Å². The fourth-order valence-corrected chi connectivity index (χ4v) is 2.24. The molecule has 2 rings (SSSR count). The summed E-state index contributed by atoms with van der Waals surface area (Å²) in [5.74, 6) is 0. The van der Waals surface area contributed by atoms with Crippen LogP contribution in [0.2, 0.25) is 5.02 Å². The first-order chi connectivity index (χ1) is 8.75. The van der Waals surface area contributed by atoms with Crippen LogP contribution in [0.25, 0.3) is 10.9 Å². The summed E-state index contributed by atoms with van der Waals surface area (Å²) in [5, 5.41) is 3.85. The van der Waals surface area contributed by atoms with Crippen LogP contribution >= 0.6 is 11.6 Å². The third-order valence-corrected chi connectivity index (χ3v) is 3.43. The van der Waals surface area contributed by atoms with Crippen molar-refractivity contribution >= 4 is 28.2 Å². The maximum absolute atomic E-state index is 12.9. The highest BCUT2D eigenvalue weighted by Gasteiger charge is 2.36. The molecule has 1 aromatic carbocycles. The van der Waals surface area contributed by atoms with Gasteiger partial charge in [0.15, 0.2) is 0 Å². The first-order valence-corrected chi connectivity index (χ1v) is 5.99. The average Bonchev–Trinajstić information content (AvgIpc) is 2.29. The Balaban J connectivity index is 2.91. The fourth-order valence-electron chi connectivity index (χ4n) is 2.09. The van der Waals surface area contributed by atoms with Crippen LogP contribution in [0.1, 0.15) is 16.8 Å². The van der Waals surface area contributed by atoms with Crippen LogP contribution in [-0.4, -0.2) is 12.0 Å². The molecule has 2 aromatic rings. The van der Waals surface area contributed by atoms with E-state index in [0.717, 1.165) is 5.56 Å². The van der Waals surface area contributed by atoms with Gasteiger partial charge in [0.05, 0.1) is 5.52 Å². The van der Waals surface area contributed by atoms with Crippen molar-refractivity contribution in [2.75, 3.05) is 12.4 Å². The van der Waals surface area contributed by atoms with Crippen molar-refractivity contribution in [1.82, 2.24) is 4.98 Å². The van der Waals surface area contributed by atoms with Crippen molar-refractivity contribution in [3.05, 3.63) is 34.0 Å². The number of aryl methyl sites for hydroxylation is 1. The summed E-state index contributed by atoms with van der Waals surface area (Å²) in [7, 11) is 1.59. The van der Waals surface area contributed by atoms with Gasteiger partial charge in [-0.2, -0.15) is 13.2 Å². The van der Waals surface area contributed by atoms with Gasteiger partial charge in [-0.1, -0.05) is 11.6 Å². The largest absolute Gasteiger partial charge is 0.433 e. The Morgan fingerprint density at radius 3 is 2.37 bits per heavy atom. The number of benzene rings is 1. The standard InChI is InChI=1S/C13H12ClF3N2/c1-6-4-8-10(5-9(6)14)19-12(13(15,16)17)7(2)11(8)18-3/h4-5H,1-3H3,(H,18,19). The Labute approximate surface area is 113 Å². The topological polar surface area (TPSA) is 24.9 Å². The van der Waals surface area contributed by atoms with E-state index >= 15 is 0 Å². The number of rotatable bonds is 1. The molecule has 0 bridgehead atoms. The van der Waals surface area contributed by atoms with Gasteiger partial charge in [0.25, 0.3) is 0 Å². The highest BCUT2D eigenvalue weighted by atomic mass is 35.5. The fraction of sp³-hybridized carbons (Fsp3) is 0.308. The molecule has 0 radical (unpaired) electrons. The van der Waals surface area contributed by atoms with Gasteiger partial charge in [0.1, 0.15) is 5.69 Å². The molecule has 0 aliphatic heterocycles. The molecule has 0 fully saturated rings. The summed E-state index contributed by atoms with van der Waals surface area (Å²) in [5.41, 5.74) is 0.662. The van der Waals surface area contributed by atoms with Crippen molar-refractivity contribution in [2.45, 2.75) is 20.0 Å². The van der Waals surface area contributed by atoms with E-state index in [9.17, 15) is 13.2 Å². The van der Waals surface area contributed by atoms with Crippen molar-refractivity contribution in [3.8, 4) is 0 Å². The van der Waals surface area contributed by atoms with E-state index in [1.54, 1.807) is 20.0 Å². The summed E-state index contributed by atoms with van der Waals surface area (Å²) < 4.78 is 38.8. The molecule has 102 valence electrons. The molecule has 1 N–H and O–H groups in total. The predicted molar refractivity (Wildman–Crippen MR) is 70.8 cm³/mol. The number of hydrogen-bond acceptors (Lipinski definition) is 2. The Kier molecular flexibility index (Phi) is 3.34. The summed E-state index contributed by atoms with van der Waals surface area (Å²) in [6.45, 7) is 3.21. The van der Waals surface area contributed by atoms with E-state index in [1.165, 1.54) is 13.0 Å². The number of pyridine rings is 1. The minimum atomic E-state index is -4.48. The summed E-state index contributed by atoms with van der Waals surface area (Å²) >= 11 is 5.95. The summed E-state index contributed by atoms with van der Waals surface area (Å²) in [6, 6.07) is 3.20. The van der Waals surface area contributed by atoms with Crippen LogP contribution in [0, 0.1) is 13.8 Å². The Bertz CT molecular complexity index is 651. The monoisotopic (exact) mass is 288 g/mol. The van der Waals surface area contributed by atoms with Gasteiger partial charge in [-0.05, 0) is 31.5 Å². The lowest BCUT2D eigenvalue weighted by atomic mass is 10.0. The molecule has 1 heterocycles. The minimum Gasteiger partial charge on any atom is -0.387 e. The van der Waals surface area contributed by atoms with Crippen LogP contribution in [0.3, 0.4) is 0 Å². The first kappa shape index (κ1) is 13.9. The third kappa shape index (κ3) is 2.34. The molecule has 0 aliphatic carbocycles. The zero-order chi connectivity index (χ0) is 14.4. The Morgan fingerprint density at radius 2 is 1.84 bits per heavy atom. The summed E-state index contributed by atoms with van der Waals surface area (Å²) in [4.78, 5) is 3.71. The second kappa shape index (κ2) is 4.56. The predicted octanol–water partition coefficient (Wildman–Crippen LogP) is 4.57. The zero-order valence-electron chi connectivity index (χ0n) is 10.6. The number of fused-ring (bicyclic) bond motifs is 1. The Morgan fingerprint density at radius 1 is 1.21 bits per heavy atom. The molecule has 19 heavy (non-hydrogen) atoms. The van der Waals surface area contributed by atoms with Gasteiger partial charge >= 0.3 is 6.18 Å². The van der Waals surface area contributed by atoms with Crippen LogP contribution in [-0.2, 0) is 6.18 Å². The number of anilines is 1. The SMILES string of the molecule is CNc1c(C)c(C(F)(F)F)nc2cc(Cl)c(C)cc12. The molecular weight excluding hydrogens is 277 g/mol. The van der Waals surface area contributed by atoms with Crippen LogP contribution in [0.5, 0.6) is 0 Å². The molecule has 0 saturated heterocycles. The normalized spacial score (nSPS) is 11.9. The second-order valence-electron chi connectivity index (χ2n) is 4.33. The highest BCUT2D eigenvalue weighted by molar-refractivity contribution is 6.32. The van der Waals surface area contributed by atoms with Gasteiger partial charge in [0, 0.05) is 28.7 Å². The van der Waals surface area contributed by atoms with Gasteiger partial charge < -0.3 is 5.32 Å². The lowest BCUT2D eigenvalue weighted by Crippen LogP contribution is -2.12. The molecule has 0 unspecified atom stereocenters. The van der Waals surface area contributed by atoms with E-state index < -0.39 is 11.9 Å². The average molecular weight is 289 g/mol. The number of halogens is 4. The number of aromatic nitrogens is 1. The Hall–Kier alpha value is -1.49. The third-order valence-electron chi connectivity index (χ3n) is 3.03. The quantitative estimate of drug-likeness (QED) is 0.832. The van der Waals surface area contributed by atoms with Crippen molar-refractivity contribution < 1.29 is 13.2 Å². The van der Waals surface area contributed by atoms with Crippen LogP contribution in [0.4, 0.5) is 18.9 Å². The molecule has 0 spiro atoms. The number of nitrogens with one attached hydrogen (secondary N) is 1. The minimum absolute atomic E-state index is 0.0872. The number of alkyl halides is 3. The molecule has 6 heteroatoms. The highest BCUT2D eigenvalue weighted by Crippen LogP contribution is 2.38. The van der Waals surface area contributed by atoms with Crippen LogP contribution < -0.4 is 5.32 Å². The molecule has 2 nitrogen and oxygen atoms in total. The molecular formula is C13H12ClF3N2. The van der Waals surface area contributed by atoms with Gasteiger partial charge in [-0.3, -0.25) is 0 Å². The summed E-state index contributed by atoms with van der Waals surface area (Å²) in [6.07, 6.45) is -4.48. The van der Waals surface area contributed by atoms with E-state index in [1.807, 2.05) is 0 Å². The van der Waals surface area contributed by atoms with E-state index in [0.29, 0.717) is 16.1 Å². The van der Waals surface area contributed by atoms with Crippen molar-refractivity contribution in [1.29, 1.82) is 0 Å². The maximum atomic E-state index is 12.9. The zero-order valence-corrected chi connectivity index (χ0v) is 11.4. The van der Waals surface area contributed by atoms with E-state index in [2.05, 4.69) is 10.3 Å². The van der Waals surface area contributed by atoms with E-state index in [4.69, 9.17) is 11.6 Å². The molecule has 0 saturated carbocycles. The van der Waals surface area contributed by atoms with Crippen LogP contribution in [0.15, 0.2) is 12.1 Å². The lowest BCUT2D eigenvalue weighted by Gasteiger charge is -2.16. The van der Waals surface area contributed by atoms with Crippen molar-refractivity contribution in [2.24, 2.45) is 0 Å². The lowest BCUT2D eigenvalue weighted by molar-refractivity contribution is -0.141. The van der Waals surface area contributed by atoms with Gasteiger partial charge in [0.2, 0.25) is 0 Å². The van der Waals surface area contributed by atoms with Crippen molar-refractivity contribution in [3.63, 3.8) is 0 Å². The first-order valence-electron chi connectivity index (χ1n) is 5.61. The van der Waals surface area contributed by atoms with E-state index in [-0.39, 0.29) is 11.1 Å². The smallest absolute Gasteiger partial charge is 0.387 e. The number of hydrogen-bond donors (Lipinski definition) is 1. The molecule has 0 aliphatic rings. The number of nitrogens with zero attached hydrogens (tertiary/aromatic N) is 1. The molecule has 1 aromatic heterocycles. The maximum Gasteiger partial charge on any atom is 0.433 e. The molecule has 0 atom stereocenters. The molecule has 0 amide bonds. The second-order valence-corrected chi connectivity index (χ2v) is 4.73.